The minimum atomic E-state index is -0.429. The van der Waals surface area contributed by atoms with Crippen LogP contribution in [-0.4, -0.2) is 48.1 Å². The Morgan fingerprint density at radius 2 is 2.00 bits per heavy atom. The Morgan fingerprint density at radius 3 is 2.57 bits per heavy atom. The number of amides is 1. The van der Waals surface area contributed by atoms with Crippen molar-refractivity contribution in [2.45, 2.75) is 19.5 Å². The van der Waals surface area contributed by atoms with Gasteiger partial charge >= 0.3 is 0 Å². The predicted molar refractivity (Wildman–Crippen MR) is 76.8 cm³/mol. The van der Waals surface area contributed by atoms with Crippen LogP contribution in [0.2, 0.25) is 0 Å². The van der Waals surface area contributed by atoms with Crippen LogP contribution in [0.15, 0.2) is 24.3 Å². The van der Waals surface area contributed by atoms with E-state index in [1.165, 1.54) is 12.1 Å². The van der Waals surface area contributed by atoms with E-state index in [2.05, 4.69) is 5.32 Å². The molecule has 1 unspecified atom stereocenters. The van der Waals surface area contributed by atoms with E-state index in [9.17, 15) is 14.9 Å². The van der Waals surface area contributed by atoms with E-state index in [4.69, 9.17) is 4.74 Å². The van der Waals surface area contributed by atoms with Gasteiger partial charge in [0.15, 0.2) is 0 Å². The number of ether oxygens (including phenoxy) is 1. The molecule has 7 nitrogen and oxygen atoms in total. The molecular weight excluding hydrogens is 274 g/mol. The monoisotopic (exact) mass is 293 g/mol. The zero-order chi connectivity index (χ0) is 15.2. The minimum absolute atomic E-state index is 0.0558. The minimum Gasteiger partial charge on any atom is -0.378 e. The largest absolute Gasteiger partial charge is 0.378 e. The van der Waals surface area contributed by atoms with Gasteiger partial charge in [-0.3, -0.25) is 14.9 Å². The number of carbonyl (C=O) groups is 1. The first-order chi connectivity index (χ1) is 10.1. The fourth-order valence-electron chi connectivity index (χ4n) is 2.15. The molecular formula is C14H19N3O4. The Bertz CT molecular complexity index is 497. The zero-order valence-electron chi connectivity index (χ0n) is 11.9. The quantitative estimate of drug-likeness (QED) is 0.645. The van der Waals surface area contributed by atoms with Crippen molar-refractivity contribution in [3.63, 3.8) is 0 Å². The predicted octanol–water partition coefficient (Wildman–Crippen LogP) is 0.932. The number of carbonyl (C=O) groups excluding carboxylic acids is 1. The van der Waals surface area contributed by atoms with E-state index in [0.717, 1.165) is 5.56 Å². The Labute approximate surface area is 123 Å². The van der Waals surface area contributed by atoms with Crippen LogP contribution < -0.4 is 5.32 Å². The summed E-state index contributed by atoms with van der Waals surface area (Å²) >= 11 is 0. The van der Waals surface area contributed by atoms with Crippen LogP contribution in [-0.2, 0) is 16.1 Å². The van der Waals surface area contributed by atoms with E-state index >= 15 is 0 Å². The van der Waals surface area contributed by atoms with Crippen molar-refractivity contribution in [2.75, 3.05) is 26.3 Å². The van der Waals surface area contributed by atoms with E-state index in [-0.39, 0.29) is 17.6 Å². The number of nitrogens with zero attached hydrogens (tertiary/aromatic N) is 2. The smallest absolute Gasteiger partial charge is 0.269 e. The highest BCUT2D eigenvalue weighted by molar-refractivity contribution is 5.81. The number of benzene rings is 1. The maximum Gasteiger partial charge on any atom is 0.269 e. The number of hydrogen-bond donors (Lipinski definition) is 1. The Morgan fingerprint density at radius 1 is 1.38 bits per heavy atom. The lowest BCUT2D eigenvalue weighted by Gasteiger charge is -2.29. The van der Waals surface area contributed by atoms with Crippen LogP contribution in [0.4, 0.5) is 5.69 Å². The number of non-ortho nitro benzene ring substituents is 1. The average molecular weight is 293 g/mol. The first kappa shape index (κ1) is 15.4. The second-order valence-corrected chi connectivity index (χ2v) is 4.96. The topological polar surface area (TPSA) is 84.7 Å². The van der Waals surface area contributed by atoms with Crippen LogP contribution in [0.3, 0.4) is 0 Å². The Hall–Kier alpha value is -1.99. The molecule has 114 valence electrons. The van der Waals surface area contributed by atoms with Gasteiger partial charge in [-0.05, 0) is 12.5 Å². The second-order valence-electron chi connectivity index (χ2n) is 4.96. The van der Waals surface area contributed by atoms with E-state index in [1.54, 1.807) is 17.0 Å². The van der Waals surface area contributed by atoms with Crippen molar-refractivity contribution in [2.24, 2.45) is 0 Å². The van der Waals surface area contributed by atoms with Crippen molar-refractivity contribution in [1.29, 1.82) is 0 Å². The van der Waals surface area contributed by atoms with Gasteiger partial charge in [0.2, 0.25) is 5.91 Å². The third kappa shape index (κ3) is 4.24. The zero-order valence-corrected chi connectivity index (χ0v) is 11.9. The fourth-order valence-corrected chi connectivity index (χ4v) is 2.15. The summed E-state index contributed by atoms with van der Waals surface area (Å²) in [5.74, 6) is 0.0558. The van der Waals surface area contributed by atoms with E-state index in [0.29, 0.717) is 32.8 Å². The molecule has 1 aromatic rings. The molecule has 1 aliphatic rings. The summed E-state index contributed by atoms with van der Waals surface area (Å²) in [5.41, 5.74) is 0.971. The highest BCUT2D eigenvalue weighted by atomic mass is 16.6. The standard InChI is InChI=1S/C14H19N3O4/c1-11(14(18)16-6-8-21-9-7-16)15-10-12-2-4-13(5-3-12)17(19)20/h2-5,11,15H,6-10H2,1H3. The molecule has 0 aliphatic carbocycles. The maximum atomic E-state index is 12.2. The molecule has 0 aromatic heterocycles. The lowest BCUT2D eigenvalue weighted by Crippen LogP contribution is -2.49. The first-order valence-corrected chi connectivity index (χ1v) is 6.91. The number of hydrogen-bond acceptors (Lipinski definition) is 5. The molecule has 1 N–H and O–H groups in total. The van der Waals surface area contributed by atoms with Crippen molar-refractivity contribution >= 4 is 11.6 Å². The highest BCUT2D eigenvalue weighted by Crippen LogP contribution is 2.12. The lowest BCUT2D eigenvalue weighted by molar-refractivity contribution is -0.384. The molecule has 1 amide bonds. The number of nitro benzene ring substituents is 1. The summed E-state index contributed by atoms with van der Waals surface area (Å²) in [5, 5.41) is 13.7. The molecule has 2 rings (SSSR count). The molecule has 1 fully saturated rings. The molecule has 7 heteroatoms. The molecule has 21 heavy (non-hydrogen) atoms. The van der Waals surface area contributed by atoms with Gasteiger partial charge in [-0.15, -0.1) is 0 Å². The molecule has 1 atom stereocenters. The molecule has 0 saturated carbocycles. The van der Waals surface area contributed by atoms with Crippen LogP contribution in [0.1, 0.15) is 12.5 Å². The summed E-state index contributed by atoms with van der Waals surface area (Å²) in [6, 6.07) is 6.02. The lowest BCUT2D eigenvalue weighted by atomic mass is 10.2. The van der Waals surface area contributed by atoms with Crippen LogP contribution in [0, 0.1) is 10.1 Å². The van der Waals surface area contributed by atoms with Gasteiger partial charge in [-0.2, -0.15) is 0 Å². The SMILES string of the molecule is CC(NCc1ccc([N+](=O)[O-])cc1)C(=O)N1CCOCC1. The van der Waals surface area contributed by atoms with Crippen molar-refractivity contribution < 1.29 is 14.5 Å². The summed E-state index contributed by atoms with van der Waals surface area (Å²) in [6.45, 7) is 4.74. The summed E-state index contributed by atoms with van der Waals surface area (Å²) in [7, 11) is 0. The van der Waals surface area contributed by atoms with Crippen LogP contribution >= 0.6 is 0 Å². The van der Waals surface area contributed by atoms with Gasteiger partial charge in [0.25, 0.3) is 5.69 Å². The van der Waals surface area contributed by atoms with Crippen LogP contribution in [0.5, 0.6) is 0 Å². The maximum absolute atomic E-state index is 12.2. The van der Waals surface area contributed by atoms with Gasteiger partial charge in [-0.25, -0.2) is 0 Å². The van der Waals surface area contributed by atoms with Crippen LogP contribution in [0.25, 0.3) is 0 Å². The van der Waals surface area contributed by atoms with E-state index in [1.807, 2.05) is 6.92 Å². The molecule has 1 aliphatic heterocycles. The van der Waals surface area contributed by atoms with Crippen molar-refractivity contribution in [3.05, 3.63) is 39.9 Å². The third-order valence-electron chi connectivity index (χ3n) is 3.45. The normalized spacial score (nSPS) is 16.5. The van der Waals surface area contributed by atoms with Crippen molar-refractivity contribution in [1.82, 2.24) is 10.2 Å². The summed E-state index contributed by atoms with van der Waals surface area (Å²) in [4.78, 5) is 24.1. The Balaban J connectivity index is 1.83. The number of nitro groups is 1. The highest BCUT2D eigenvalue weighted by Gasteiger charge is 2.21. The van der Waals surface area contributed by atoms with E-state index < -0.39 is 4.92 Å². The van der Waals surface area contributed by atoms with Gasteiger partial charge in [0, 0.05) is 31.8 Å². The summed E-state index contributed by atoms with van der Waals surface area (Å²) < 4.78 is 5.22. The molecule has 0 bridgehead atoms. The molecule has 1 saturated heterocycles. The second kappa shape index (κ2) is 7.14. The molecule has 0 spiro atoms. The molecule has 1 aromatic carbocycles. The number of morpholine rings is 1. The van der Waals surface area contributed by atoms with Gasteiger partial charge < -0.3 is 15.0 Å². The van der Waals surface area contributed by atoms with Gasteiger partial charge in [0.05, 0.1) is 24.2 Å². The molecule has 0 radical (unpaired) electrons. The molecule has 1 heterocycles. The van der Waals surface area contributed by atoms with Crippen molar-refractivity contribution in [3.8, 4) is 0 Å². The fraction of sp³-hybridized carbons (Fsp3) is 0.500. The number of rotatable bonds is 5. The third-order valence-corrected chi connectivity index (χ3v) is 3.45. The van der Waals surface area contributed by atoms with Gasteiger partial charge in [-0.1, -0.05) is 12.1 Å². The van der Waals surface area contributed by atoms with Gasteiger partial charge in [0.1, 0.15) is 0 Å². The Kier molecular flexibility index (Phi) is 5.24. The average Bonchev–Trinajstić information content (AvgIpc) is 2.53. The summed E-state index contributed by atoms with van der Waals surface area (Å²) in [6.07, 6.45) is 0. The first-order valence-electron chi connectivity index (χ1n) is 6.91. The number of nitrogens with one attached hydrogen (secondary N) is 1.